The van der Waals surface area contributed by atoms with Gasteiger partial charge in [-0.25, -0.2) is 9.48 Å². The van der Waals surface area contributed by atoms with Gasteiger partial charge in [-0.2, -0.15) is 5.10 Å². The number of carboxylic acid groups (broad SMARTS) is 1. The minimum atomic E-state index is -1.11. The second kappa shape index (κ2) is 5.04. The smallest absolute Gasteiger partial charge is 0.339 e. The van der Waals surface area contributed by atoms with Gasteiger partial charge in [-0.15, -0.1) is 0 Å². The van der Waals surface area contributed by atoms with Gasteiger partial charge in [0.1, 0.15) is 11.3 Å². The highest BCUT2D eigenvalue weighted by atomic mass is 79.9. The molecule has 0 spiro atoms. The zero-order valence-corrected chi connectivity index (χ0v) is 12.2. The average Bonchev–Trinajstić information content (AvgIpc) is 2.64. The summed E-state index contributed by atoms with van der Waals surface area (Å²) in [5.41, 5.74) is 0.785. The van der Waals surface area contributed by atoms with E-state index in [1.165, 1.54) is 16.8 Å². The Bertz CT molecular complexity index is 724. The second-order valence-corrected chi connectivity index (χ2v) is 5.07. The molecule has 1 heterocycles. The number of aromatic nitrogens is 2. The quantitative estimate of drug-likeness (QED) is 0.684. The normalized spacial score (nSPS) is 10.6. The van der Waals surface area contributed by atoms with Crippen molar-refractivity contribution in [1.29, 1.82) is 0 Å². The third-order valence-electron chi connectivity index (χ3n) is 2.87. The van der Waals surface area contributed by atoms with Crippen molar-refractivity contribution >= 4 is 27.6 Å². The highest BCUT2D eigenvalue weighted by Crippen LogP contribution is 2.28. The van der Waals surface area contributed by atoms with Crippen LogP contribution < -0.4 is 0 Å². The number of rotatable bonds is 3. The monoisotopic (exact) mass is 339 g/mol. The maximum Gasteiger partial charge on any atom is 0.339 e. The van der Waals surface area contributed by atoms with Crippen LogP contribution in [0.3, 0.4) is 0 Å². The number of aryl methyl sites for hydroxylation is 1. The van der Waals surface area contributed by atoms with Crippen molar-refractivity contribution in [2.24, 2.45) is 0 Å². The molecular weight excluding hydrogens is 330 g/mol. The van der Waals surface area contributed by atoms with E-state index >= 15 is 0 Å². The molecule has 0 aliphatic carbocycles. The molecule has 0 aliphatic heterocycles. The van der Waals surface area contributed by atoms with E-state index in [0.29, 0.717) is 15.9 Å². The molecule has 0 unspecified atom stereocenters. The van der Waals surface area contributed by atoms with Crippen molar-refractivity contribution < 1.29 is 14.8 Å². The molecule has 0 bridgehead atoms. The average molecular weight is 340 g/mol. The lowest BCUT2D eigenvalue weighted by Crippen LogP contribution is -2.05. The molecule has 0 aliphatic rings. The summed E-state index contributed by atoms with van der Waals surface area (Å²) in [6, 6.07) is 4.42. The highest BCUT2D eigenvalue weighted by molar-refractivity contribution is 9.10. The fraction of sp³-hybridized carbons (Fsp3) is 0.167. The van der Waals surface area contributed by atoms with Gasteiger partial charge in [-0.05, 0) is 26.0 Å². The fourth-order valence-electron chi connectivity index (χ4n) is 2.01. The predicted octanol–water partition coefficient (Wildman–Crippen LogP) is 2.86. The maximum absolute atomic E-state index is 11.2. The second-order valence-electron chi connectivity index (χ2n) is 4.15. The number of hydrogen-bond acceptors (Lipinski definition) is 4. The maximum atomic E-state index is 11.2. The Hall–Kier alpha value is -2.22. The Labute approximate surface area is 122 Å². The molecule has 7 nitrogen and oxygen atoms in total. The lowest BCUT2D eigenvalue weighted by Gasteiger charge is -2.06. The van der Waals surface area contributed by atoms with E-state index in [0.717, 1.165) is 0 Å². The molecule has 2 aromatic rings. The van der Waals surface area contributed by atoms with Gasteiger partial charge >= 0.3 is 5.97 Å². The van der Waals surface area contributed by atoms with Gasteiger partial charge < -0.3 is 5.11 Å². The first-order chi connectivity index (χ1) is 9.32. The Kier molecular flexibility index (Phi) is 3.58. The van der Waals surface area contributed by atoms with E-state index in [9.17, 15) is 14.9 Å². The number of nitro benzene ring substituents is 1. The first kappa shape index (κ1) is 14.2. The molecule has 0 atom stereocenters. The van der Waals surface area contributed by atoms with Crippen molar-refractivity contribution in [2.45, 2.75) is 13.8 Å². The molecule has 1 N–H and O–H groups in total. The topological polar surface area (TPSA) is 98.3 Å². The number of nitrogens with zero attached hydrogens (tertiary/aromatic N) is 3. The summed E-state index contributed by atoms with van der Waals surface area (Å²) < 4.78 is 1.92. The van der Waals surface area contributed by atoms with Crippen LogP contribution in [0.4, 0.5) is 5.69 Å². The minimum absolute atomic E-state index is 0.0549. The number of carbonyl (C=O) groups is 1. The van der Waals surface area contributed by atoms with Gasteiger partial charge in [0.2, 0.25) is 0 Å². The van der Waals surface area contributed by atoms with E-state index in [-0.39, 0.29) is 16.9 Å². The molecule has 20 heavy (non-hydrogen) atoms. The molecule has 0 saturated heterocycles. The molecule has 104 valence electrons. The van der Waals surface area contributed by atoms with Crippen LogP contribution in [0.2, 0.25) is 0 Å². The van der Waals surface area contributed by atoms with E-state index in [2.05, 4.69) is 21.0 Å². The Morgan fingerprint density at radius 3 is 2.60 bits per heavy atom. The predicted molar refractivity (Wildman–Crippen MR) is 74.4 cm³/mol. The van der Waals surface area contributed by atoms with Crippen LogP contribution in [0.1, 0.15) is 21.7 Å². The summed E-state index contributed by atoms with van der Waals surface area (Å²) in [5, 5.41) is 24.3. The van der Waals surface area contributed by atoms with Gasteiger partial charge in [0.15, 0.2) is 0 Å². The number of benzene rings is 1. The van der Waals surface area contributed by atoms with Crippen molar-refractivity contribution in [2.75, 3.05) is 0 Å². The zero-order chi connectivity index (χ0) is 15.0. The summed E-state index contributed by atoms with van der Waals surface area (Å²) in [6.45, 7) is 3.12. The van der Waals surface area contributed by atoms with Crippen molar-refractivity contribution in [3.05, 3.63) is 49.7 Å². The molecule has 0 radical (unpaired) electrons. The molecule has 2 rings (SSSR count). The zero-order valence-electron chi connectivity index (χ0n) is 10.6. The molecule has 1 aromatic carbocycles. The third-order valence-corrected chi connectivity index (χ3v) is 3.36. The summed E-state index contributed by atoms with van der Waals surface area (Å²) in [7, 11) is 0. The van der Waals surface area contributed by atoms with Crippen molar-refractivity contribution in [3.63, 3.8) is 0 Å². The number of aromatic carboxylic acids is 1. The van der Waals surface area contributed by atoms with E-state index in [1.807, 2.05) is 0 Å². The van der Waals surface area contributed by atoms with Gasteiger partial charge in [-0.1, -0.05) is 15.9 Å². The SMILES string of the molecule is Cc1nn(-c2cc(Br)ccc2[N+](=O)[O-])c(C)c1C(=O)O. The lowest BCUT2D eigenvalue weighted by atomic mass is 10.2. The number of hydrogen-bond donors (Lipinski definition) is 1. The molecule has 0 fully saturated rings. The van der Waals surface area contributed by atoms with E-state index in [4.69, 9.17) is 5.11 Å². The van der Waals surface area contributed by atoms with Crippen LogP contribution in [0.5, 0.6) is 0 Å². The number of carboxylic acids is 1. The Morgan fingerprint density at radius 1 is 1.45 bits per heavy atom. The van der Waals surface area contributed by atoms with Crippen molar-refractivity contribution in [3.8, 4) is 5.69 Å². The Morgan fingerprint density at radius 2 is 2.10 bits per heavy atom. The molecule has 0 saturated carbocycles. The van der Waals surface area contributed by atoms with Crippen LogP contribution in [0, 0.1) is 24.0 Å². The molecule has 1 aromatic heterocycles. The van der Waals surface area contributed by atoms with E-state index < -0.39 is 10.9 Å². The van der Waals surface area contributed by atoms with Gasteiger partial charge in [-0.3, -0.25) is 10.1 Å². The van der Waals surface area contributed by atoms with Crippen LogP contribution >= 0.6 is 15.9 Å². The Balaban J connectivity index is 2.75. The number of nitro groups is 1. The van der Waals surface area contributed by atoms with Crippen LogP contribution in [-0.4, -0.2) is 25.8 Å². The number of halogens is 1. The summed E-state index contributed by atoms with van der Waals surface area (Å²) in [4.78, 5) is 21.7. The summed E-state index contributed by atoms with van der Waals surface area (Å²) in [6.07, 6.45) is 0. The summed E-state index contributed by atoms with van der Waals surface area (Å²) >= 11 is 3.24. The van der Waals surface area contributed by atoms with Crippen molar-refractivity contribution in [1.82, 2.24) is 9.78 Å². The fourth-order valence-corrected chi connectivity index (χ4v) is 2.36. The van der Waals surface area contributed by atoms with Crippen LogP contribution in [0.15, 0.2) is 22.7 Å². The third kappa shape index (κ3) is 2.29. The largest absolute Gasteiger partial charge is 0.478 e. The molecular formula is C12H10BrN3O4. The van der Waals surface area contributed by atoms with Gasteiger partial charge in [0.05, 0.1) is 16.3 Å². The summed E-state index contributed by atoms with van der Waals surface area (Å²) in [5.74, 6) is -1.11. The standard InChI is InChI=1S/C12H10BrN3O4/c1-6-11(12(17)18)7(2)15(14-6)10-5-8(13)3-4-9(10)16(19)20/h3-5H,1-2H3,(H,17,18). The van der Waals surface area contributed by atoms with Gasteiger partial charge in [0.25, 0.3) is 5.69 Å². The molecule has 0 amide bonds. The first-order valence-electron chi connectivity index (χ1n) is 5.56. The molecule has 8 heteroatoms. The highest BCUT2D eigenvalue weighted by Gasteiger charge is 2.23. The first-order valence-corrected chi connectivity index (χ1v) is 6.36. The van der Waals surface area contributed by atoms with Crippen LogP contribution in [-0.2, 0) is 0 Å². The van der Waals surface area contributed by atoms with E-state index in [1.54, 1.807) is 19.9 Å². The van der Waals surface area contributed by atoms with Gasteiger partial charge in [0, 0.05) is 10.5 Å². The van der Waals surface area contributed by atoms with Crippen LogP contribution in [0.25, 0.3) is 5.69 Å². The lowest BCUT2D eigenvalue weighted by molar-refractivity contribution is -0.384. The minimum Gasteiger partial charge on any atom is -0.478 e.